The van der Waals surface area contributed by atoms with Gasteiger partial charge in [0, 0.05) is 23.7 Å². The van der Waals surface area contributed by atoms with Gasteiger partial charge in [-0.05, 0) is 42.5 Å². The third kappa shape index (κ3) is 6.55. The highest BCUT2D eigenvalue weighted by atomic mass is 19.4. The second kappa shape index (κ2) is 8.90. The third-order valence-electron chi connectivity index (χ3n) is 3.63. The van der Waals surface area contributed by atoms with Crippen molar-refractivity contribution in [3.8, 4) is 11.8 Å². The Kier molecular flexibility index (Phi) is 6.77. The highest BCUT2D eigenvalue weighted by molar-refractivity contribution is 5.94. The average Bonchev–Trinajstić information content (AvgIpc) is 2.64. The Labute approximate surface area is 167 Å². The number of benzene rings is 2. The van der Waals surface area contributed by atoms with Crippen molar-refractivity contribution in [2.75, 3.05) is 11.9 Å². The number of hydrogen-bond acceptors (Lipinski definition) is 2. The molecule has 0 heterocycles. The fraction of sp³-hybridized carbons (Fsp3) is 0.200. The van der Waals surface area contributed by atoms with Crippen molar-refractivity contribution in [1.82, 2.24) is 5.32 Å². The lowest BCUT2D eigenvalue weighted by Crippen LogP contribution is -2.25. The maximum absolute atomic E-state index is 12.8. The Morgan fingerprint density at radius 3 is 1.90 bits per heavy atom. The Hall–Kier alpha value is -3.48. The standard InChI is InChI=1S/C20H14F6N2O2/c1-12(29)28-17-6-4-13(5-7-17)3-2-8-27-18(30)14-9-15(19(21,22)23)11-16(10-14)20(24,25)26/h4-7,9-11H,8H2,1H3,(H,27,30)(H,28,29). The van der Waals surface area contributed by atoms with Crippen LogP contribution >= 0.6 is 0 Å². The lowest BCUT2D eigenvalue weighted by Gasteiger charge is -2.13. The van der Waals surface area contributed by atoms with Gasteiger partial charge < -0.3 is 10.6 Å². The zero-order valence-electron chi connectivity index (χ0n) is 15.3. The van der Waals surface area contributed by atoms with E-state index >= 15 is 0 Å². The first-order valence-electron chi connectivity index (χ1n) is 8.30. The smallest absolute Gasteiger partial charge is 0.341 e. The number of amides is 2. The fourth-order valence-electron chi connectivity index (χ4n) is 2.30. The summed E-state index contributed by atoms with van der Waals surface area (Å²) in [6, 6.07) is 6.99. The molecular formula is C20H14F6N2O2. The molecule has 2 aromatic carbocycles. The second-order valence-corrected chi connectivity index (χ2v) is 6.04. The Morgan fingerprint density at radius 1 is 0.900 bits per heavy atom. The minimum Gasteiger partial charge on any atom is -0.341 e. The molecule has 2 amide bonds. The van der Waals surface area contributed by atoms with Gasteiger partial charge in [-0.3, -0.25) is 9.59 Å². The van der Waals surface area contributed by atoms with E-state index in [-0.39, 0.29) is 18.5 Å². The summed E-state index contributed by atoms with van der Waals surface area (Å²) in [6.07, 6.45) is -10.1. The van der Waals surface area contributed by atoms with Crippen LogP contribution in [0.2, 0.25) is 0 Å². The topological polar surface area (TPSA) is 58.2 Å². The van der Waals surface area contributed by atoms with Crippen molar-refractivity contribution in [3.63, 3.8) is 0 Å². The summed E-state index contributed by atoms with van der Waals surface area (Å²) in [7, 11) is 0. The number of alkyl halides is 6. The van der Waals surface area contributed by atoms with Gasteiger partial charge in [-0.15, -0.1) is 0 Å². The molecule has 0 saturated carbocycles. The van der Waals surface area contributed by atoms with Gasteiger partial charge in [0.05, 0.1) is 17.7 Å². The summed E-state index contributed by atoms with van der Waals surface area (Å²) in [6.45, 7) is 1.04. The number of nitrogens with one attached hydrogen (secondary N) is 2. The molecule has 0 aromatic heterocycles. The van der Waals surface area contributed by atoms with E-state index < -0.39 is 35.0 Å². The van der Waals surface area contributed by atoms with E-state index in [0.29, 0.717) is 23.4 Å². The fourth-order valence-corrected chi connectivity index (χ4v) is 2.30. The van der Waals surface area contributed by atoms with Crippen LogP contribution < -0.4 is 10.6 Å². The highest BCUT2D eigenvalue weighted by Crippen LogP contribution is 2.36. The summed E-state index contributed by atoms with van der Waals surface area (Å²) >= 11 is 0. The molecule has 0 saturated heterocycles. The van der Waals surface area contributed by atoms with Crippen LogP contribution in [-0.2, 0) is 17.1 Å². The van der Waals surface area contributed by atoms with Crippen LogP contribution in [0.1, 0.15) is 34.0 Å². The van der Waals surface area contributed by atoms with Crippen molar-refractivity contribution in [2.45, 2.75) is 19.3 Å². The van der Waals surface area contributed by atoms with Crippen molar-refractivity contribution in [2.24, 2.45) is 0 Å². The first-order chi connectivity index (χ1) is 13.9. The van der Waals surface area contributed by atoms with Crippen LogP contribution in [0.5, 0.6) is 0 Å². The molecule has 2 aromatic rings. The number of anilines is 1. The summed E-state index contributed by atoms with van der Waals surface area (Å²) in [5.74, 6) is 3.83. The predicted molar refractivity (Wildman–Crippen MR) is 96.4 cm³/mol. The van der Waals surface area contributed by atoms with Gasteiger partial charge in [-0.2, -0.15) is 26.3 Å². The molecule has 2 N–H and O–H groups in total. The van der Waals surface area contributed by atoms with Crippen molar-refractivity contribution in [3.05, 3.63) is 64.7 Å². The lowest BCUT2D eigenvalue weighted by atomic mass is 10.0. The SMILES string of the molecule is CC(=O)Nc1ccc(C#CCNC(=O)c2cc(C(F)(F)F)cc(C(F)(F)F)c2)cc1. The molecule has 0 aliphatic rings. The largest absolute Gasteiger partial charge is 0.416 e. The van der Waals surface area contributed by atoms with Crippen molar-refractivity contribution in [1.29, 1.82) is 0 Å². The Balaban J connectivity index is 2.10. The predicted octanol–water partition coefficient (Wildman–Crippen LogP) is 4.46. The molecule has 158 valence electrons. The minimum atomic E-state index is -5.04. The highest BCUT2D eigenvalue weighted by Gasteiger charge is 2.37. The second-order valence-electron chi connectivity index (χ2n) is 6.04. The van der Waals surface area contributed by atoms with Crippen LogP contribution in [0.3, 0.4) is 0 Å². The van der Waals surface area contributed by atoms with Crippen molar-refractivity contribution >= 4 is 17.5 Å². The normalized spacial score (nSPS) is 11.3. The summed E-state index contributed by atoms with van der Waals surface area (Å²) in [5, 5.41) is 4.72. The van der Waals surface area contributed by atoms with E-state index in [9.17, 15) is 35.9 Å². The van der Waals surface area contributed by atoms with Crippen LogP contribution in [0, 0.1) is 11.8 Å². The van der Waals surface area contributed by atoms with Gasteiger partial charge in [0.25, 0.3) is 5.91 Å². The van der Waals surface area contributed by atoms with E-state index in [4.69, 9.17) is 0 Å². The molecule has 0 unspecified atom stereocenters. The molecule has 0 aliphatic heterocycles. The summed E-state index contributed by atoms with van der Waals surface area (Å²) in [4.78, 5) is 22.9. The van der Waals surface area contributed by atoms with Gasteiger partial charge in [-0.1, -0.05) is 11.8 Å². The average molecular weight is 428 g/mol. The molecular weight excluding hydrogens is 414 g/mol. The third-order valence-corrected chi connectivity index (χ3v) is 3.63. The molecule has 0 bridgehead atoms. The lowest BCUT2D eigenvalue weighted by molar-refractivity contribution is -0.143. The summed E-state index contributed by atoms with van der Waals surface area (Å²) in [5.41, 5.74) is -2.86. The van der Waals surface area contributed by atoms with Gasteiger partial charge in [0.1, 0.15) is 0 Å². The minimum absolute atomic E-state index is 0.0544. The summed E-state index contributed by atoms with van der Waals surface area (Å²) < 4.78 is 77.1. The van der Waals surface area contributed by atoms with Gasteiger partial charge in [0.15, 0.2) is 0 Å². The van der Waals surface area contributed by atoms with Crippen molar-refractivity contribution < 1.29 is 35.9 Å². The number of rotatable bonds is 3. The zero-order valence-corrected chi connectivity index (χ0v) is 15.3. The Morgan fingerprint density at radius 2 is 1.43 bits per heavy atom. The molecule has 0 fully saturated rings. The number of carbonyl (C=O) groups excluding carboxylic acids is 2. The zero-order chi connectivity index (χ0) is 22.5. The van der Waals surface area contributed by atoms with E-state index in [1.165, 1.54) is 6.92 Å². The maximum atomic E-state index is 12.8. The molecule has 4 nitrogen and oxygen atoms in total. The van der Waals surface area contributed by atoms with E-state index in [0.717, 1.165) is 0 Å². The van der Waals surface area contributed by atoms with Crippen LogP contribution in [0.15, 0.2) is 42.5 Å². The Bertz CT molecular complexity index is 967. The monoisotopic (exact) mass is 428 g/mol. The van der Waals surface area contributed by atoms with E-state index in [1.807, 2.05) is 0 Å². The van der Waals surface area contributed by atoms with Crippen LogP contribution in [0.25, 0.3) is 0 Å². The van der Waals surface area contributed by atoms with E-state index in [2.05, 4.69) is 22.5 Å². The molecule has 0 spiro atoms. The van der Waals surface area contributed by atoms with Crippen LogP contribution in [0.4, 0.5) is 32.0 Å². The molecule has 0 atom stereocenters. The first kappa shape index (κ1) is 22.8. The van der Waals surface area contributed by atoms with Gasteiger partial charge in [0.2, 0.25) is 5.91 Å². The molecule has 2 rings (SSSR count). The van der Waals surface area contributed by atoms with Gasteiger partial charge in [-0.25, -0.2) is 0 Å². The van der Waals surface area contributed by atoms with Crippen LogP contribution in [-0.4, -0.2) is 18.4 Å². The number of carbonyl (C=O) groups is 2. The molecule has 0 radical (unpaired) electrons. The molecule has 10 heteroatoms. The maximum Gasteiger partial charge on any atom is 0.416 e. The van der Waals surface area contributed by atoms with Gasteiger partial charge >= 0.3 is 12.4 Å². The quantitative estimate of drug-likeness (QED) is 0.560. The van der Waals surface area contributed by atoms with E-state index in [1.54, 1.807) is 24.3 Å². The molecule has 0 aliphatic carbocycles. The number of hydrogen-bond donors (Lipinski definition) is 2. The number of halogens is 6. The first-order valence-corrected chi connectivity index (χ1v) is 8.30. The molecule has 30 heavy (non-hydrogen) atoms.